The lowest BCUT2D eigenvalue weighted by atomic mass is 9.77. The minimum atomic E-state index is -0.0126. The summed E-state index contributed by atoms with van der Waals surface area (Å²) in [6, 6.07) is 10.5. The van der Waals surface area contributed by atoms with E-state index in [4.69, 9.17) is 0 Å². The summed E-state index contributed by atoms with van der Waals surface area (Å²) in [6.45, 7) is 3.54. The van der Waals surface area contributed by atoms with Crippen LogP contribution in [0.25, 0.3) is 0 Å². The Morgan fingerprint density at radius 2 is 1.89 bits per heavy atom. The summed E-state index contributed by atoms with van der Waals surface area (Å²) in [7, 11) is 0. The number of aliphatic hydroxyl groups is 1. The summed E-state index contributed by atoms with van der Waals surface area (Å²) in [4.78, 5) is 0. The van der Waals surface area contributed by atoms with E-state index < -0.39 is 0 Å². The van der Waals surface area contributed by atoms with Crippen molar-refractivity contribution in [1.29, 1.82) is 0 Å². The quantitative estimate of drug-likeness (QED) is 0.838. The van der Waals surface area contributed by atoms with Gasteiger partial charge in [0, 0.05) is 5.54 Å². The number of aliphatic hydroxyl groups excluding tert-OH is 1. The molecule has 2 N–H and O–H groups in total. The van der Waals surface area contributed by atoms with Crippen LogP contribution in [0, 0.1) is 5.92 Å². The predicted octanol–water partition coefficient (Wildman–Crippen LogP) is 2.76. The maximum Gasteiger partial charge on any atom is 0.0613 e. The van der Waals surface area contributed by atoms with Gasteiger partial charge in [-0.2, -0.15) is 0 Å². The monoisotopic (exact) mass is 247 g/mol. The van der Waals surface area contributed by atoms with E-state index >= 15 is 0 Å². The molecule has 0 spiro atoms. The van der Waals surface area contributed by atoms with Crippen molar-refractivity contribution in [3.8, 4) is 0 Å². The number of benzene rings is 1. The Kier molecular flexibility index (Phi) is 4.79. The topological polar surface area (TPSA) is 32.3 Å². The van der Waals surface area contributed by atoms with Crippen LogP contribution >= 0.6 is 0 Å². The van der Waals surface area contributed by atoms with Gasteiger partial charge in [0.1, 0.15) is 0 Å². The second-order valence-electron chi connectivity index (χ2n) is 5.78. The first-order valence-corrected chi connectivity index (χ1v) is 7.14. The second kappa shape index (κ2) is 6.35. The van der Waals surface area contributed by atoms with Crippen LogP contribution in [0.15, 0.2) is 30.3 Å². The van der Waals surface area contributed by atoms with Gasteiger partial charge in [0.25, 0.3) is 0 Å². The van der Waals surface area contributed by atoms with Crippen LogP contribution in [0.1, 0.15) is 38.2 Å². The predicted molar refractivity (Wildman–Crippen MR) is 75.6 cm³/mol. The molecular formula is C16H25NO. The van der Waals surface area contributed by atoms with E-state index in [1.165, 1.54) is 18.4 Å². The van der Waals surface area contributed by atoms with Gasteiger partial charge in [-0.1, -0.05) is 37.3 Å². The Hall–Kier alpha value is -0.860. The Labute approximate surface area is 110 Å². The normalized spacial score (nSPS) is 28.2. The zero-order valence-corrected chi connectivity index (χ0v) is 11.4. The number of rotatable bonds is 5. The third-order valence-corrected chi connectivity index (χ3v) is 4.29. The Morgan fingerprint density at radius 1 is 1.22 bits per heavy atom. The molecule has 1 saturated carbocycles. The average molecular weight is 247 g/mol. The second-order valence-corrected chi connectivity index (χ2v) is 5.78. The van der Waals surface area contributed by atoms with Crippen molar-refractivity contribution < 1.29 is 5.11 Å². The molecule has 0 saturated heterocycles. The van der Waals surface area contributed by atoms with Crippen molar-refractivity contribution >= 4 is 0 Å². The molecule has 2 heteroatoms. The van der Waals surface area contributed by atoms with Gasteiger partial charge in [-0.25, -0.2) is 0 Å². The zero-order valence-electron chi connectivity index (χ0n) is 11.4. The SMILES string of the molecule is CC1CCC(CO)(NCCc2ccccc2)CC1. The highest BCUT2D eigenvalue weighted by Gasteiger charge is 2.32. The fourth-order valence-corrected chi connectivity index (χ4v) is 2.82. The molecule has 0 atom stereocenters. The molecule has 0 amide bonds. The molecule has 1 aromatic rings. The molecule has 0 radical (unpaired) electrons. The molecule has 1 fully saturated rings. The summed E-state index contributed by atoms with van der Waals surface area (Å²) in [5.74, 6) is 0.820. The highest BCUT2D eigenvalue weighted by Crippen LogP contribution is 2.31. The molecule has 0 bridgehead atoms. The fraction of sp³-hybridized carbons (Fsp3) is 0.625. The molecule has 0 heterocycles. The summed E-state index contributed by atoms with van der Waals surface area (Å²) in [6.07, 6.45) is 5.73. The van der Waals surface area contributed by atoms with Crippen LogP contribution in [-0.2, 0) is 6.42 Å². The summed E-state index contributed by atoms with van der Waals surface area (Å²) >= 11 is 0. The minimum Gasteiger partial charge on any atom is -0.394 e. The van der Waals surface area contributed by atoms with E-state index in [0.717, 1.165) is 31.7 Å². The van der Waals surface area contributed by atoms with Crippen molar-refractivity contribution in [1.82, 2.24) is 5.32 Å². The Balaban J connectivity index is 1.81. The van der Waals surface area contributed by atoms with Crippen molar-refractivity contribution in [3.63, 3.8) is 0 Å². The molecule has 2 rings (SSSR count). The third-order valence-electron chi connectivity index (χ3n) is 4.29. The van der Waals surface area contributed by atoms with Crippen molar-refractivity contribution in [2.45, 2.75) is 44.6 Å². The molecule has 0 aromatic heterocycles. The highest BCUT2D eigenvalue weighted by atomic mass is 16.3. The number of hydrogen-bond acceptors (Lipinski definition) is 2. The molecular weight excluding hydrogens is 222 g/mol. The first-order valence-electron chi connectivity index (χ1n) is 7.14. The summed E-state index contributed by atoms with van der Waals surface area (Å²) in [5.41, 5.74) is 1.35. The Morgan fingerprint density at radius 3 is 2.50 bits per heavy atom. The van der Waals surface area contributed by atoms with Gasteiger partial charge in [0.2, 0.25) is 0 Å². The van der Waals surface area contributed by atoms with Gasteiger partial charge in [-0.15, -0.1) is 0 Å². The molecule has 1 aliphatic carbocycles. The number of hydrogen-bond donors (Lipinski definition) is 2. The van der Waals surface area contributed by atoms with E-state index in [0.29, 0.717) is 0 Å². The lowest BCUT2D eigenvalue weighted by molar-refractivity contribution is 0.106. The molecule has 100 valence electrons. The van der Waals surface area contributed by atoms with E-state index in [1.807, 2.05) is 0 Å². The largest absolute Gasteiger partial charge is 0.394 e. The molecule has 1 aliphatic rings. The molecule has 0 unspecified atom stereocenters. The van der Waals surface area contributed by atoms with Crippen LogP contribution < -0.4 is 5.32 Å². The van der Waals surface area contributed by atoms with Crippen molar-refractivity contribution in [3.05, 3.63) is 35.9 Å². The minimum absolute atomic E-state index is 0.0126. The van der Waals surface area contributed by atoms with E-state index in [1.54, 1.807) is 0 Å². The smallest absolute Gasteiger partial charge is 0.0613 e. The molecule has 0 aliphatic heterocycles. The van der Waals surface area contributed by atoms with Gasteiger partial charge < -0.3 is 10.4 Å². The van der Waals surface area contributed by atoms with Crippen LogP contribution in [0.3, 0.4) is 0 Å². The highest BCUT2D eigenvalue weighted by molar-refractivity contribution is 5.15. The standard InChI is InChI=1S/C16H25NO/c1-14-7-10-16(13-18,11-8-14)17-12-9-15-5-3-2-4-6-15/h2-6,14,17-18H,7-13H2,1H3. The van der Waals surface area contributed by atoms with Gasteiger partial charge in [0.05, 0.1) is 6.61 Å². The summed E-state index contributed by atoms with van der Waals surface area (Å²) < 4.78 is 0. The lowest BCUT2D eigenvalue weighted by Crippen LogP contribution is -2.51. The summed E-state index contributed by atoms with van der Waals surface area (Å²) in [5, 5.41) is 13.3. The van der Waals surface area contributed by atoms with Gasteiger partial charge in [0.15, 0.2) is 0 Å². The molecule has 2 nitrogen and oxygen atoms in total. The average Bonchev–Trinajstić information content (AvgIpc) is 2.43. The van der Waals surface area contributed by atoms with Gasteiger partial charge in [-0.05, 0) is 50.1 Å². The zero-order chi connectivity index (χ0) is 12.8. The van der Waals surface area contributed by atoms with Crippen LogP contribution in [0.4, 0.5) is 0 Å². The van der Waals surface area contributed by atoms with Crippen LogP contribution in [0.5, 0.6) is 0 Å². The maximum atomic E-state index is 9.66. The van der Waals surface area contributed by atoms with E-state index in [-0.39, 0.29) is 12.1 Å². The first-order chi connectivity index (χ1) is 8.74. The van der Waals surface area contributed by atoms with Gasteiger partial charge >= 0.3 is 0 Å². The van der Waals surface area contributed by atoms with Gasteiger partial charge in [-0.3, -0.25) is 0 Å². The fourth-order valence-electron chi connectivity index (χ4n) is 2.82. The molecule has 1 aromatic carbocycles. The van der Waals surface area contributed by atoms with E-state index in [9.17, 15) is 5.11 Å². The van der Waals surface area contributed by atoms with Crippen molar-refractivity contribution in [2.24, 2.45) is 5.92 Å². The van der Waals surface area contributed by atoms with Crippen LogP contribution in [0.2, 0.25) is 0 Å². The van der Waals surface area contributed by atoms with E-state index in [2.05, 4.69) is 42.6 Å². The Bertz CT molecular complexity index is 341. The van der Waals surface area contributed by atoms with Crippen LogP contribution in [-0.4, -0.2) is 23.8 Å². The number of nitrogens with one attached hydrogen (secondary N) is 1. The lowest BCUT2D eigenvalue weighted by Gasteiger charge is -2.39. The first kappa shape index (κ1) is 13.6. The van der Waals surface area contributed by atoms with Crippen molar-refractivity contribution in [2.75, 3.05) is 13.2 Å². The third kappa shape index (κ3) is 3.56. The molecule has 18 heavy (non-hydrogen) atoms. The maximum absolute atomic E-state index is 9.66.